The topological polar surface area (TPSA) is 73.0 Å². The number of imide groups is 1. The third-order valence-corrected chi connectivity index (χ3v) is 4.74. The molecule has 134 valence electrons. The first kappa shape index (κ1) is 17.4. The van der Waals surface area contributed by atoms with E-state index in [1.54, 1.807) is 0 Å². The van der Waals surface area contributed by atoms with Crippen LogP contribution in [-0.4, -0.2) is 67.3 Å². The molecule has 1 aromatic rings. The molecule has 0 aromatic heterocycles. The predicted octanol–water partition coefficient (Wildman–Crippen LogP) is 0.916. The summed E-state index contributed by atoms with van der Waals surface area (Å²) in [6.45, 7) is 4.25. The monoisotopic (exact) mass is 344 g/mol. The molecule has 0 atom stereocenters. The molecule has 1 aromatic carbocycles. The molecule has 2 heterocycles. The van der Waals surface area contributed by atoms with Crippen LogP contribution in [0.2, 0.25) is 0 Å². The average molecular weight is 344 g/mol. The van der Waals surface area contributed by atoms with Gasteiger partial charge in [-0.1, -0.05) is 0 Å². The number of carbonyl (C=O) groups excluding carboxylic acids is 3. The number of rotatable bonds is 5. The van der Waals surface area contributed by atoms with E-state index in [-0.39, 0.29) is 43.5 Å². The lowest BCUT2D eigenvalue weighted by atomic mass is 10.2. The van der Waals surface area contributed by atoms with E-state index in [1.807, 2.05) is 24.3 Å². The van der Waals surface area contributed by atoms with Crippen molar-refractivity contribution in [1.82, 2.24) is 9.80 Å². The highest BCUT2D eigenvalue weighted by Gasteiger charge is 2.28. The molecule has 0 radical (unpaired) electrons. The lowest BCUT2D eigenvalue weighted by Gasteiger charge is -2.34. The quantitative estimate of drug-likeness (QED) is 0.804. The molecule has 3 rings (SSSR count). The van der Waals surface area contributed by atoms with Crippen LogP contribution in [0.4, 0.5) is 11.4 Å². The summed E-state index contributed by atoms with van der Waals surface area (Å²) in [5.41, 5.74) is 1.88. The van der Waals surface area contributed by atoms with Crippen molar-refractivity contribution in [2.75, 3.05) is 50.0 Å². The first-order chi connectivity index (χ1) is 12.0. The number of hydrogen-bond acceptors (Lipinski definition) is 5. The summed E-state index contributed by atoms with van der Waals surface area (Å²) in [6.07, 6.45) is 0.639. The predicted molar refractivity (Wildman–Crippen MR) is 95.4 cm³/mol. The zero-order valence-corrected chi connectivity index (χ0v) is 14.5. The number of hydrogen-bond donors (Lipinski definition) is 1. The highest BCUT2D eigenvalue weighted by Crippen LogP contribution is 2.19. The highest BCUT2D eigenvalue weighted by molar-refractivity contribution is 6.02. The van der Waals surface area contributed by atoms with Crippen LogP contribution in [0.5, 0.6) is 0 Å². The zero-order chi connectivity index (χ0) is 17.8. The molecule has 25 heavy (non-hydrogen) atoms. The van der Waals surface area contributed by atoms with Crippen LogP contribution in [0, 0.1) is 0 Å². The summed E-state index contributed by atoms with van der Waals surface area (Å²) in [7, 11) is 2.12. The van der Waals surface area contributed by atoms with Crippen molar-refractivity contribution in [3.05, 3.63) is 24.3 Å². The molecular formula is C18H24N4O3. The van der Waals surface area contributed by atoms with Crippen molar-refractivity contribution in [3.63, 3.8) is 0 Å². The van der Waals surface area contributed by atoms with Gasteiger partial charge in [0.15, 0.2) is 0 Å². The highest BCUT2D eigenvalue weighted by atomic mass is 16.2. The van der Waals surface area contributed by atoms with Crippen LogP contribution in [0.1, 0.15) is 19.3 Å². The van der Waals surface area contributed by atoms with Crippen LogP contribution < -0.4 is 10.2 Å². The normalized spacial score (nSPS) is 18.8. The van der Waals surface area contributed by atoms with Gasteiger partial charge in [0.2, 0.25) is 17.7 Å². The van der Waals surface area contributed by atoms with E-state index in [1.165, 1.54) is 4.90 Å². The molecule has 2 saturated heterocycles. The van der Waals surface area contributed by atoms with Gasteiger partial charge in [-0.3, -0.25) is 19.3 Å². The van der Waals surface area contributed by atoms with Gasteiger partial charge in [0.25, 0.3) is 0 Å². The van der Waals surface area contributed by atoms with Crippen molar-refractivity contribution in [2.45, 2.75) is 19.3 Å². The number of carbonyl (C=O) groups is 3. The van der Waals surface area contributed by atoms with Crippen LogP contribution in [-0.2, 0) is 14.4 Å². The second kappa shape index (κ2) is 7.65. The van der Waals surface area contributed by atoms with E-state index >= 15 is 0 Å². The van der Waals surface area contributed by atoms with Crippen molar-refractivity contribution in [2.24, 2.45) is 0 Å². The Balaban J connectivity index is 1.48. The van der Waals surface area contributed by atoms with E-state index in [0.717, 1.165) is 37.6 Å². The van der Waals surface area contributed by atoms with Gasteiger partial charge in [-0.25, -0.2) is 0 Å². The van der Waals surface area contributed by atoms with Crippen molar-refractivity contribution >= 4 is 29.1 Å². The molecule has 0 unspecified atom stereocenters. The summed E-state index contributed by atoms with van der Waals surface area (Å²) in [6, 6.07) is 7.79. The molecule has 2 aliphatic heterocycles. The molecule has 2 aliphatic rings. The Kier molecular flexibility index (Phi) is 5.33. The fourth-order valence-electron chi connectivity index (χ4n) is 3.13. The van der Waals surface area contributed by atoms with Gasteiger partial charge >= 0.3 is 0 Å². The Morgan fingerprint density at radius 2 is 1.60 bits per heavy atom. The van der Waals surface area contributed by atoms with E-state index in [4.69, 9.17) is 0 Å². The van der Waals surface area contributed by atoms with Gasteiger partial charge in [-0.2, -0.15) is 0 Å². The van der Waals surface area contributed by atoms with E-state index in [9.17, 15) is 14.4 Å². The fraction of sp³-hybridized carbons (Fsp3) is 0.500. The maximum absolute atomic E-state index is 12.0. The third kappa shape index (κ3) is 4.36. The molecule has 0 aliphatic carbocycles. The first-order valence-electron chi connectivity index (χ1n) is 8.69. The molecule has 3 amide bonds. The molecule has 0 bridgehead atoms. The van der Waals surface area contributed by atoms with Gasteiger partial charge in [0.1, 0.15) is 0 Å². The maximum Gasteiger partial charge on any atom is 0.229 e. The lowest BCUT2D eigenvalue weighted by molar-refractivity contribution is -0.138. The summed E-state index contributed by atoms with van der Waals surface area (Å²) in [5, 5.41) is 2.82. The SMILES string of the molecule is CN1CCN(c2ccc(NC(=O)CCN3C(=O)CCC3=O)cc2)CC1. The summed E-state index contributed by atoms with van der Waals surface area (Å²) < 4.78 is 0. The molecule has 7 heteroatoms. The van der Waals surface area contributed by atoms with Crippen LogP contribution in [0.3, 0.4) is 0 Å². The van der Waals surface area contributed by atoms with Gasteiger partial charge in [-0.15, -0.1) is 0 Å². The molecule has 2 fully saturated rings. The second-order valence-electron chi connectivity index (χ2n) is 6.57. The largest absolute Gasteiger partial charge is 0.369 e. The molecular weight excluding hydrogens is 320 g/mol. The Bertz CT molecular complexity index is 635. The lowest BCUT2D eigenvalue weighted by Crippen LogP contribution is -2.44. The molecule has 1 N–H and O–H groups in total. The fourth-order valence-corrected chi connectivity index (χ4v) is 3.13. The summed E-state index contributed by atoms with van der Waals surface area (Å²) in [5.74, 6) is -0.566. The molecule has 7 nitrogen and oxygen atoms in total. The smallest absolute Gasteiger partial charge is 0.229 e. The number of nitrogens with one attached hydrogen (secondary N) is 1. The minimum absolute atomic E-state index is 0.123. The van der Waals surface area contributed by atoms with Crippen LogP contribution >= 0.6 is 0 Å². The standard InChI is InChI=1S/C18H24N4O3/c1-20-10-12-21(13-11-20)15-4-2-14(3-5-15)19-16(23)8-9-22-17(24)6-7-18(22)25/h2-5H,6-13H2,1H3,(H,19,23). The number of nitrogens with zero attached hydrogens (tertiary/aromatic N) is 3. The second-order valence-corrected chi connectivity index (χ2v) is 6.57. The van der Waals surface area contributed by atoms with Crippen LogP contribution in [0.25, 0.3) is 0 Å². The Morgan fingerprint density at radius 3 is 2.20 bits per heavy atom. The number of piperazine rings is 1. The Labute approximate surface area is 147 Å². The van der Waals surface area contributed by atoms with Crippen molar-refractivity contribution in [3.8, 4) is 0 Å². The summed E-state index contributed by atoms with van der Waals surface area (Å²) >= 11 is 0. The van der Waals surface area contributed by atoms with Gasteiger partial charge in [0.05, 0.1) is 0 Å². The molecule has 0 saturated carbocycles. The van der Waals surface area contributed by atoms with Crippen molar-refractivity contribution < 1.29 is 14.4 Å². The maximum atomic E-state index is 12.0. The molecule has 0 spiro atoms. The zero-order valence-electron chi connectivity index (χ0n) is 14.5. The Morgan fingerprint density at radius 1 is 1.00 bits per heavy atom. The van der Waals surface area contributed by atoms with Gasteiger partial charge < -0.3 is 15.1 Å². The number of likely N-dealkylation sites (N-methyl/N-ethyl adjacent to an activating group) is 1. The minimum Gasteiger partial charge on any atom is -0.369 e. The number of amides is 3. The number of anilines is 2. The van der Waals surface area contributed by atoms with E-state index in [2.05, 4.69) is 22.2 Å². The number of benzene rings is 1. The van der Waals surface area contributed by atoms with E-state index in [0.29, 0.717) is 0 Å². The number of likely N-dealkylation sites (tertiary alicyclic amines) is 1. The summed E-state index contributed by atoms with van der Waals surface area (Å²) in [4.78, 5) is 40.9. The van der Waals surface area contributed by atoms with Gasteiger partial charge in [0, 0.05) is 63.4 Å². The Hall–Kier alpha value is -2.41. The van der Waals surface area contributed by atoms with Crippen molar-refractivity contribution in [1.29, 1.82) is 0 Å². The van der Waals surface area contributed by atoms with Crippen LogP contribution in [0.15, 0.2) is 24.3 Å². The van der Waals surface area contributed by atoms with Gasteiger partial charge in [-0.05, 0) is 31.3 Å². The third-order valence-electron chi connectivity index (χ3n) is 4.74. The average Bonchev–Trinajstić information content (AvgIpc) is 2.93. The minimum atomic E-state index is -0.195. The first-order valence-corrected chi connectivity index (χ1v) is 8.69. The van der Waals surface area contributed by atoms with E-state index < -0.39 is 0 Å².